The third-order valence-electron chi connectivity index (χ3n) is 1.63. The number of hydrogen-bond donors (Lipinski definition) is 0. The number of halogens is 6. The summed E-state index contributed by atoms with van der Waals surface area (Å²) in [6, 6.07) is 0. The Balaban J connectivity index is 5.08. The highest BCUT2D eigenvalue weighted by Gasteiger charge is 2.58. The van der Waals surface area contributed by atoms with Gasteiger partial charge in [-0.1, -0.05) is 78.7 Å². The van der Waals surface area contributed by atoms with E-state index in [0.29, 0.717) is 0 Å². The number of esters is 1. The molecule has 19 heavy (non-hydrogen) atoms. The summed E-state index contributed by atoms with van der Waals surface area (Å²) in [6.07, 6.45) is -0.929. The summed E-state index contributed by atoms with van der Waals surface area (Å²) < 4.78 is 24.7. The van der Waals surface area contributed by atoms with Gasteiger partial charge in [0.05, 0.1) is 7.11 Å². The minimum Gasteiger partial charge on any atom is -0.462 e. The monoisotopic (exact) mass is 428 g/mol. The van der Waals surface area contributed by atoms with Gasteiger partial charge in [0, 0.05) is 0 Å². The van der Waals surface area contributed by atoms with E-state index in [2.05, 4.69) is 4.74 Å². The molecule has 0 radical (unpaired) electrons. The smallest absolute Gasteiger partial charge is 0.432 e. The second kappa shape index (κ2) is 8.15. The van der Waals surface area contributed by atoms with E-state index < -0.39 is 46.9 Å². The summed E-state index contributed by atoms with van der Waals surface area (Å²) in [5.41, 5.74) is 0. The van der Waals surface area contributed by atoms with Gasteiger partial charge in [0.25, 0.3) is 0 Å². The quantitative estimate of drug-likeness (QED) is 0.354. The third kappa shape index (κ3) is 9.11. The van der Waals surface area contributed by atoms with Crippen molar-refractivity contribution in [1.29, 1.82) is 0 Å². The van der Waals surface area contributed by atoms with Gasteiger partial charge >= 0.3 is 27.0 Å². The standard InChI is InChI=1S/C7H8Cl6O4P2/c1-17-4(14)5(18(15)2-6(8,9)10)19(16)3-7(11,12)13/h5H,2-3H2,1H3/q+2. The molecule has 0 rings (SSSR count). The minimum atomic E-state index is -2.45. The maximum atomic E-state index is 12.0. The van der Waals surface area contributed by atoms with Crippen LogP contribution in [0.15, 0.2) is 0 Å². The van der Waals surface area contributed by atoms with Crippen molar-refractivity contribution >= 4 is 91.2 Å². The average Bonchev–Trinajstić information content (AvgIpc) is 2.11. The van der Waals surface area contributed by atoms with Crippen LogP contribution >= 0.6 is 85.2 Å². The fourth-order valence-electron chi connectivity index (χ4n) is 1.01. The largest absolute Gasteiger partial charge is 0.462 e. The van der Waals surface area contributed by atoms with E-state index in [1.54, 1.807) is 0 Å². The van der Waals surface area contributed by atoms with Crippen LogP contribution in [0.2, 0.25) is 0 Å². The Morgan fingerprint density at radius 1 is 1.00 bits per heavy atom. The molecule has 0 aromatic carbocycles. The molecule has 0 aliphatic carbocycles. The molecule has 0 spiro atoms. The Hall–Kier alpha value is 1.41. The van der Waals surface area contributed by atoms with Crippen molar-refractivity contribution in [2.24, 2.45) is 0 Å². The molecule has 2 atom stereocenters. The Morgan fingerprint density at radius 3 is 1.53 bits per heavy atom. The Bertz CT molecular complexity index is 349. The average molecular weight is 431 g/mol. The first kappa shape index (κ1) is 20.4. The van der Waals surface area contributed by atoms with Gasteiger partial charge in [-0.25, -0.2) is 4.79 Å². The summed E-state index contributed by atoms with van der Waals surface area (Å²) >= 11 is 32.9. The molecule has 0 saturated heterocycles. The van der Waals surface area contributed by atoms with Crippen LogP contribution in [-0.2, 0) is 18.7 Å². The van der Waals surface area contributed by atoms with Gasteiger partial charge in [-0.3, -0.25) is 0 Å². The van der Waals surface area contributed by atoms with Crippen molar-refractivity contribution in [3.63, 3.8) is 0 Å². The minimum absolute atomic E-state index is 0.465. The fraction of sp³-hybridized carbons (Fsp3) is 0.857. The van der Waals surface area contributed by atoms with Gasteiger partial charge in [0.15, 0.2) is 12.3 Å². The van der Waals surface area contributed by atoms with Crippen molar-refractivity contribution in [1.82, 2.24) is 0 Å². The molecule has 0 fully saturated rings. The van der Waals surface area contributed by atoms with Crippen molar-refractivity contribution in [3.8, 4) is 0 Å². The lowest BCUT2D eigenvalue weighted by molar-refractivity contribution is -0.138. The number of ether oxygens (including phenoxy) is 1. The van der Waals surface area contributed by atoms with Gasteiger partial charge in [-0.15, -0.1) is 0 Å². The maximum Gasteiger partial charge on any atom is 0.432 e. The normalized spacial score (nSPS) is 15.7. The highest BCUT2D eigenvalue weighted by molar-refractivity contribution is 7.66. The Morgan fingerprint density at radius 2 is 1.32 bits per heavy atom. The topological polar surface area (TPSA) is 60.4 Å². The van der Waals surface area contributed by atoms with Crippen molar-refractivity contribution in [3.05, 3.63) is 0 Å². The summed E-state index contributed by atoms with van der Waals surface area (Å²) in [6.45, 7) is 0. The predicted molar refractivity (Wildman–Crippen MR) is 81.3 cm³/mol. The number of rotatable bonds is 5. The lowest BCUT2D eigenvalue weighted by atomic mass is 10.8. The first-order valence-electron chi connectivity index (χ1n) is 4.46. The molecular weight excluding hydrogens is 423 g/mol. The third-order valence-corrected chi connectivity index (χ3v) is 8.18. The van der Waals surface area contributed by atoms with Crippen LogP contribution in [0, 0.1) is 0 Å². The first-order valence-corrected chi connectivity index (χ1v) is 9.76. The molecule has 0 bridgehead atoms. The molecule has 110 valence electrons. The first-order chi connectivity index (χ1) is 8.37. The van der Waals surface area contributed by atoms with Crippen LogP contribution in [0.4, 0.5) is 0 Å². The van der Waals surface area contributed by atoms with Crippen LogP contribution in [0.1, 0.15) is 0 Å². The van der Waals surface area contributed by atoms with Gasteiger partial charge in [-0.05, 0) is 0 Å². The van der Waals surface area contributed by atoms with Crippen LogP contribution < -0.4 is 0 Å². The molecule has 0 aliphatic rings. The van der Waals surface area contributed by atoms with Gasteiger partial charge < -0.3 is 4.74 Å². The van der Waals surface area contributed by atoms with Crippen LogP contribution in [-0.4, -0.2) is 38.4 Å². The number of carbonyl (C=O) groups is 1. The summed E-state index contributed by atoms with van der Waals surface area (Å²) in [7, 11) is -3.85. The van der Waals surface area contributed by atoms with Gasteiger partial charge in [0.1, 0.15) is 0 Å². The van der Waals surface area contributed by atoms with Gasteiger partial charge in [-0.2, -0.15) is 0 Å². The van der Waals surface area contributed by atoms with Gasteiger partial charge in [0.2, 0.25) is 7.59 Å². The zero-order valence-electron chi connectivity index (χ0n) is 9.29. The van der Waals surface area contributed by atoms with E-state index in [1.165, 1.54) is 0 Å². The highest BCUT2D eigenvalue weighted by Crippen LogP contribution is 2.52. The Labute approximate surface area is 141 Å². The lowest BCUT2D eigenvalue weighted by Gasteiger charge is -2.05. The molecule has 0 aliphatic heterocycles. The molecule has 0 aromatic rings. The number of methoxy groups -OCH3 is 1. The zero-order chi connectivity index (χ0) is 15.4. The van der Waals surface area contributed by atoms with Crippen LogP contribution in [0.3, 0.4) is 0 Å². The summed E-state index contributed by atoms with van der Waals surface area (Å²) in [5, 5.41) is -1.48. The molecule has 0 saturated carbocycles. The summed E-state index contributed by atoms with van der Waals surface area (Å²) in [4.78, 5) is 11.5. The fourth-order valence-corrected chi connectivity index (χ4v) is 6.50. The van der Waals surface area contributed by atoms with E-state index in [0.717, 1.165) is 7.11 Å². The number of alkyl halides is 6. The second-order valence-corrected chi connectivity index (χ2v) is 12.1. The van der Waals surface area contributed by atoms with E-state index in [1.807, 2.05) is 0 Å². The Kier molecular flexibility index (Phi) is 8.76. The summed E-state index contributed by atoms with van der Waals surface area (Å²) in [5.74, 6) is -0.967. The lowest BCUT2D eigenvalue weighted by Crippen LogP contribution is -2.21. The molecule has 0 amide bonds. The number of hydrogen-bond acceptors (Lipinski definition) is 4. The van der Waals surface area contributed by atoms with Crippen LogP contribution in [0.5, 0.6) is 0 Å². The molecule has 0 heterocycles. The number of carbonyl (C=O) groups excluding carboxylic acids is 1. The second-order valence-electron chi connectivity index (χ2n) is 3.28. The predicted octanol–water partition coefficient (Wildman–Crippen LogP) is 4.88. The molecular formula is C7H8Cl6O4P2+2. The van der Waals surface area contributed by atoms with E-state index >= 15 is 0 Å². The highest BCUT2D eigenvalue weighted by atomic mass is 35.6. The molecule has 4 nitrogen and oxygen atoms in total. The maximum absolute atomic E-state index is 12.0. The van der Waals surface area contributed by atoms with Crippen molar-refractivity contribution < 1.29 is 18.7 Å². The van der Waals surface area contributed by atoms with Crippen molar-refractivity contribution in [2.45, 2.75) is 13.0 Å². The van der Waals surface area contributed by atoms with E-state index in [9.17, 15) is 13.9 Å². The SMILES string of the molecule is COC(=O)C([P+](=O)CC(Cl)(Cl)Cl)[P+](=O)CC(Cl)(Cl)Cl. The van der Waals surface area contributed by atoms with Crippen molar-refractivity contribution in [2.75, 3.05) is 19.4 Å². The van der Waals surface area contributed by atoms with Crippen LogP contribution in [0.25, 0.3) is 0 Å². The molecule has 12 heteroatoms. The van der Waals surface area contributed by atoms with E-state index in [4.69, 9.17) is 69.6 Å². The van der Waals surface area contributed by atoms with E-state index in [-0.39, 0.29) is 0 Å². The molecule has 0 aromatic heterocycles. The zero-order valence-corrected chi connectivity index (χ0v) is 15.6. The molecule has 2 unspecified atom stereocenters. The molecule has 0 N–H and O–H groups in total.